The van der Waals surface area contributed by atoms with Gasteiger partial charge in [0.05, 0.1) is 16.3 Å². The van der Waals surface area contributed by atoms with Crippen molar-refractivity contribution < 1.29 is 23.1 Å². The minimum atomic E-state index is -3.49. The Hall–Kier alpha value is -3.46. The van der Waals surface area contributed by atoms with Crippen LogP contribution in [-0.4, -0.2) is 41.2 Å². The van der Waals surface area contributed by atoms with Crippen LogP contribution in [0, 0.1) is 11.8 Å². The van der Waals surface area contributed by atoms with Gasteiger partial charge in [0.15, 0.2) is 15.7 Å². The molecule has 0 saturated heterocycles. The first-order chi connectivity index (χ1) is 17.6. The lowest BCUT2D eigenvalue weighted by molar-refractivity contribution is -0.124. The number of carboxylic acids is 1. The van der Waals surface area contributed by atoms with Crippen LogP contribution in [0.2, 0.25) is 0 Å². The molecule has 0 bridgehead atoms. The van der Waals surface area contributed by atoms with Gasteiger partial charge in [0.1, 0.15) is 5.56 Å². The van der Waals surface area contributed by atoms with E-state index in [1.165, 1.54) is 15.8 Å². The Bertz CT molecular complexity index is 1360. The third-order valence-electron chi connectivity index (χ3n) is 6.93. The van der Waals surface area contributed by atoms with E-state index in [-0.39, 0.29) is 39.9 Å². The average Bonchev–Trinajstić information content (AvgIpc) is 3.30. The fourth-order valence-corrected chi connectivity index (χ4v) is 6.18. The molecule has 1 aliphatic rings. The van der Waals surface area contributed by atoms with Crippen molar-refractivity contribution in [2.75, 3.05) is 4.90 Å². The molecule has 4 rings (SSSR count). The highest BCUT2D eigenvalue weighted by Gasteiger charge is 2.34. The van der Waals surface area contributed by atoms with E-state index >= 15 is 0 Å². The molecule has 8 nitrogen and oxygen atoms in total. The standard InChI is InChI=1S/C28H33N3O5S/c1-19(2)31(27(32)22-13-9-20(3)10-14-22)26-25(28(33)34)17-30(29-26)23-15-11-21(12-16-23)18-37(35,36)24-7-5-4-6-8-24/h4-8,11-12,15-17,19-20,22H,9-10,13-14,18H2,1-3H3,(H,33,34)/t20-,22-. The molecule has 0 spiro atoms. The van der Waals surface area contributed by atoms with E-state index in [2.05, 4.69) is 12.0 Å². The maximum atomic E-state index is 13.5. The summed E-state index contributed by atoms with van der Waals surface area (Å²) in [6.45, 7) is 5.90. The van der Waals surface area contributed by atoms with E-state index in [4.69, 9.17) is 0 Å². The van der Waals surface area contributed by atoms with Crippen molar-refractivity contribution in [2.24, 2.45) is 11.8 Å². The lowest BCUT2D eigenvalue weighted by Gasteiger charge is -2.32. The molecule has 9 heteroatoms. The summed E-state index contributed by atoms with van der Waals surface area (Å²) in [6.07, 6.45) is 4.95. The third-order valence-corrected chi connectivity index (χ3v) is 8.64. The maximum absolute atomic E-state index is 13.5. The van der Waals surface area contributed by atoms with Gasteiger partial charge in [0, 0.05) is 18.2 Å². The minimum Gasteiger partial charge on any atom is -0.477 e. The zero-order valence-electron chi connectivity index (χ0n) is 21.4. The number of carboxylic acid groups (broad SMARTS) is 1. The SMILES string of the molecule is CC(C)N(c1nn(-c2ccc(CS(=O)(=O)c3ccccc3)cc2)cc1C(=O)O)C(=O)[C@H]1CC[C@H](C)CC1. The van der Waals surface area contributed by atoms with Gasteiger partial charge in [-0.05, 0) is 75.3 Å². The molecule has 1 fully saturated rings. The van der Waals surface area contributed by atoms with Gasteiger partial charge in [0.25, 0.3) is 0 Å². The lowest BCUT2D eigenvalue weighted by Crippen LogP contribution is -2.43. The summed E-state index contributed by atoms with van der Waals surface area (Å²) in [5, 5.41) is 14.4. The van der Waals surface area contributed by atoms with Crippen molar-refractivity contribution in [3.63, 3.8) is 0 Å². The van der Waals surface area contributed by atoms with Crippen molar-refractivity contribution >= 4 is 27.5 Å². The Labute approximate surface area is 217 Å². The topological polar surface area (TPSA) is 110 Å². The number of aromatic nitrogens is 2. The van der Waals surface area contributed by atoms with Crippen LogP contribution < -0.4 is 4.90 Å². The first-order valence-electron chi connectivity index (χ1n) is 12.6. The summed E-state index contributed by atoms with van der Waals surface area (Å²) in [4.78, 5) is 27.4. The van der Waals surface area contributed by atoms with E-state index in [1.54, 1.807) is 54.6 Å². The van der Waals surface area contributed by atoms with Crippen molar-refractivity contribution in [3.8, 4) is 5.69 Å². The van der Waals surface area contributed by atoms with E-state index < -0.39 is 15.8 Å². The van der Waals surface area contributed by atoms with E-state index in [9.17, 15) is 23.1 Å². The van der Waals surface area contributed by atoms with Gasteiger partial charge >= 0.3 is 5.97 Å². The Morgan fingerprint density at radius 2 is 1.65 bits per heavy atom. The summed E-state index contributed by atoms with van der Waals surface area (Å²) >= 11 is 0. The molecule has 196 valence electrons. The van der Waals surface area contributed by atoms with Crippen molar-refractivity contribution in [3.05, 3.63) is 71.9 Å². The number of hydrogen-bond donors (Lipinski definition) is 1. The summed E-state index contributed by atoms with van der Waals surface area (Å²) < 4.78 is 26.9. The first-order valence-corrected chi connectivity index (χ1v) is 14.2. The molecule has 1 heterocycles. The predicted octanol–water partition coefficient (Wildman–Crippen LogP) is 5.11. The Morgan fingerprint density at radius 3 is 2.22 bits per heavy atom. The van der Waals surface area contributed by atoms with E-state index in [1.807, 2.05) is 13.8 Å². The van der Waals surface area contributed by atoms with Crippen LogP contribution in [0.15, 0.2) is 65.7 Å². The van der Waals surface area contributed by atoms with E-state index in [0.717, 1.165) is 25.7 Å². The second-order valence-corrected chi connectivity index (χ2v) is 12.1. The highest BCUT2D eigenvalue weighted by molar-refractivity contribution is 7.90. The predicted molar refractivity (Wildman–Crippen MR) is 142 cm³/mol. The number of aromatic carboxylic acids is 1. The van der Waals surface area contributed by atoms with Gasteiger partial charge in [-0.1, -0.05) is 37.3 Å². The zero-order valence-corrected chi connectivity index (χ0v) is 22.2. The maximum Gasteiger partial charge on any atom is 0.341 e. The van der Waals surface area contributed by atoms with Gasteiger partial charge < -0.3 is 5.11 Å². The number of sulfone groups is 1. The summed E-state index contributed by atoms with van der Waals surface area (Å²) in [6, 6.07) is 14.8. The summed E-state index contributed by atoms with van der Waals surface area (Å²) in [7, 11) is -3.49. The van der Waals surface area contributed by atoms with Gasteiger partial charge in [-0.3, -0.25) is 9.69 Å². The lowest BCUT2D eigenvalue weighted by atomic mass is 9.82. The van der Waals surface area contributed by atoms with Crippen LogP contribution in [-0.2, 0) is 20.4 Å². The quantitative estimate of drug-likeness (QED) is 0.439. The third kappa shape index (κ3) is 5.93. The van der Waals surface area contributed by atoms with Gasteiger partial charge in [-0.15, -0.1) is 5.10 Å². The number of nitrogens with zero attached hydrogens (tertiary/aromatic N) is 3. The second kappa shape index (κ2) is 10.9. The molecule has 3 aromatic rings. The Morgan fingerprint density at radius 1 is 1.03 bits per heavy atom. The average molecular weight is 524 g/mol. The van der Waals surface area contributed by atoms with Crippen molar-refractivity contribution in [2.45, 2.75) is 63.1 Å². The normalized spacial score (nSPS) is 18.1. The minimum absolute atomic E-state index is 0.0537. The smallest absolute Gasteiger partial charge is 0.341 e. The molecular weight excluding hydrogens is 490 g/mol. The number of benzene rings is 2. The number of hydrogen-bond acceptors (Lipinski definition) is 5. The monoisotopic (exact) mass is 523 g/mol. The fraction of sp³-hybridized carbons (Fsp3) is 0.393. The van der Waals surface area contributed by atoms with Gasteiger partial charge in [-0.2, -0.15) is 0 Å². The van der Waals surface area contributed by atoms with Crippen LogP contribution in [0.25, 0.3) is 5.69 Å². The van der Waals surface area contributed by atoms with Crippen LogP contribution >= 0.6 is 0 Å². The number of amides is 1. The molecule has 0 aliphatic heterocycles. The highest BCUT2D eigenvalue weighted by Crippen LogP contribution is 2.33. The van der Waals surface area contributed by atoms with E-state index in [0.29, 0.717) is 17.2 Å². The molecule has 0 unspecified atom stereocenters. The zero-order chi connectivity index (χ0) is 26.7. The molecule has 1 aromatic heterocycles. The molecule has 1 N–H and O–H groups in total. The summed E-state index contributed by atoms with van der Waals surface area (Å²) in [5.41, 5.74) is 1.11. The highest BCUT2D eigenvalue weighted by atomic mass is 32.2. The van der Waals surface area contributed by atoms with Crippen molar-refractivity contribution in [1.29, 1.82) is 0 Å². The van der Waals surface area contributed by atoms with Gasteiger partial charge in [0.2, 0.25) is 5.91 Å². The first kappa shape index (κ1) is 26.6. The largest absolute Gasteiger partial charge is 0.477 e. The Kier molecular flexibility index (Phi) is 7.82. The Balaban J connectivity index is 1.61. The van der Waals surface area contributed by atoms with Crippen molar-refractivity contribution in [1.82, 2.24) is 9.78 Å². The molecule has 0 radical (unpaired) electrons. The fourth-order valence-electron chi connectivity index (χ4n) is 4.81. The number of carbonyl (C=O) groups excluding carboxylic acids is 1. The van der Waals surface area contributed by atoms with Crippen LogP contribution in [0.3, 0.4) is 0 Å². The van der Waals surface area contributed by atoms with Crippen LogP contribution in [0.4, 0.5) is 5.82 Å². The molecule has 37 heavy (non-hydrogen) atoms. The molecule has 1 aliphatic carbocycles. The second-order valence-electron chi connectivity index (χ2n) is 10.1. The van der Waals surface area contributed by atoms with Crippen LogP contribution in [0.5, 0.6) is 0 Å². The van der Waals surface area contributed by atoms with Crippen LogP contribution in [0.1, 0.15) is 62.4 Å². The number of rotatable bonds is 8. The summed E-state index contributed by atoms with van der Waals surface area (Å²) in [5.74, 6) is -0.828. The number of carbonyl (C=O) groups is 2. The molecule has 1 amide bonds. The molecule has 2 aromatic carbocycles. The molecule has 1 saturated carbocycles. The molecule has 0 atom stereocenters. The number of anilines is 1. The van der Waals surface area contributed by atoms with Gasteiger partial charge in [-0.25, -0.2) is 17.9 Å². The molecular formula is C28H33N3O5S.